The predicted octanol–water partition coefficient (Wildman–Crippen LogP) is 4.89. The average Bonchev–Trinajstić information content (AvgIpc) is 3.02. The van der Waals surface area contributed by atoms with Gasteiger partial charge in [0.05, 0.1) is 17.1 Å². The van der Waals surface area contributed by atoms with E-state index in [4.69, 9.17) is 27.6 Å². The molecule has 0 aliphatic heterocycles. The Morgan fingerprint density at radius 3 is 2.52 bits per heavy atom. The lowest BCUT2D eigenvalue weighted by Crippen LogP contribution is -2.18. The number of nitrogens with zero attached hydrogens (tertiary/aromatic N) is 2. The van der Waals surface area contributed by atoms with E-state index in [9.17, 15) is 0 Å². The third-order valence-corrected chi connectivity index (χ3v) is 4.08. The van der Waals surface area contributed by atoms with Gasteiger partial charge in [-0.25, -0.2) is 0 Å². The van der Waals surface area contributed by atoms with Crippen molar-refractivity contribution < 1.29 is 4.42 Å². The molecule has 3 rings (SSSR count). The molecule has 0 fully saturated rings. The van der Waals surface area contributed by atoms with Gasteiger partial charge in [0, 0.05) is 11.1 Å². The smallest absolute Gasteiger partial charge is 0.249 e. The van der Waals surface area contributed by atoms with Crippen LogP contribution in [-0.2, 0) is 6.54 Å². The first-order valence-corrected chi connectivity index (χ1v) is 7.95. The zero-order chi connectivity index (χ0) is 16.2. The van der Waals surface area contributed by atoms with Crippen LogP contribution in [0.2, 0.25) is 10.0 Å². The Morgan fingerprint density at radius 2 is 1.78 bits per heavy atom. The molecule has 0 unspecified atom stereocenters. The van der Waals surface area contributed by atoms with Gasteiger partial charge in [0.1, 0.15) is 0 Å². The van der Waals surface area contributed by atoms with Crippen molar-refractivity contribution in [3.63, 3.8) is 0 Å². The highest BCUT2D eigenvalue weighted by Gasteiger charge is 2.12. The Bertz CT molecular complexity index is 787. The molecular formula is C17H15Cl2N3O. The average molecular weight is 348 g/mol. The molecule has 4 nitrogen and oxygen atoms in total. The van der Waals surface area contributed by atoms with Crippen LogP contribution in [-0.4, -0.2) is 10.2 Å². The monoisotopic (exact) mass is 347 g/mol. The van der Waals surface area contributed by atoms with Gasteiger partial charge in [-0.3, -0.25) is 0 Å². The molecule has 0 saturated carbocycles. The highest BCUT2D eigenvalue weighted by atomic mass is 35.5. The second-order valence-corrected chi connectivity index (χ2v) is 5.98. The third-order valence-electron chi connectivity index (χ3n) is 3.50. The minimum absolute atomic E-state index is 0.142. The summed E-state index contributed by atoms with van der Waals surface area (Å²) < 4.78 is 5.67. The van der Waals surface area contributed by atoms with Gasteiger partial charge in [0.2, 0.25) is 11.8 Å². The molecule has 0 radical (unpaired) electrons. The predicted molar refractivity (Wildman–Crippen MR) is 91.5 cm³/mol. The van der Waals surface area contributed by atoms with Crippen molar-refractivity contribution in [1.29, 1.82) is 0 Å². The summed E-state index contributed by atoms with van der Waals surface area (Å²) in [7, 11) is 0. The highest BCUT2D eigenvalue weighted by Crippen LogP contribution is 2.26. The van der Waals surface area contributed by atoms with Crippen molar-refractivity contribution in [3.05, 3.63) is 70.0 Å². The molecule has 0 aliphatic rings. The van der Waals surface area contributed by atoms with E-state index >= 15 is 0 Å². The number of hydrogen-bond donors (Lipinski definition) is 1. The number of rotatable bonds is 5. The Morgan fingerprint density at radius 1 is 1.04 bits per heavy atom. The second-order valence-electron chi connectivity index (χ2n) is 5.13. The van der Waals surface area contributed by atoms with Crippen LogP contribution >= 0.6 is 23.2 Å². The van der Waals surface area contributed by atoms with E-state index in [-0.39, 0.29) is 6.04 Å². The van der Waals surface area contributed by atoms with Crippen molar-refractivity contribution in [2.24, 2.45) is 0 Å². The molecule has 0 saturated heterocycles. The summed E-state index contributed by atoms with van der Waals surface area (Å²) in [5.41, 5.74) is 1.87. The molecule has 1 aromatic heterocycles. The summed E-state index contributed by atoms with van der Waals surface area (Å²) >= 11 is 12.0. The van der Waals surface area contributed by atoms with Crippen molar-refractivity contribution >= 4 is 23.2 Å². The van der Waals surface area contributed by atoms with Gasteiger partial charge in [-0.2, -0.15) is 0 Å². The largest absolute Gasteiger partial charge is 0.419 e. The van der Waals surface area contributed by atoms with Gasteiger partial charge in [-0.05, 0) is 36.8 Å². The lowest BCUT2D eigenvalue weighted by atomic mass is 10.1. The zero-order valence-corrected chi connectivity index (χ0v) is 14.0. The Labute approximate surface area is 144 Å². The van der Waals surface area contributed by atoms with E-state index in [1.807, 2.05) is 42.5 Å². The fourth-order valence-electron chi connectivity index (χ4n) is 2.18. The minimum Gasteiger partial charge on any atom is -0.419 e. The Kier molecular flexibility index (Phi) is 4.96. The van der Waals surface area contributed by atoms with Crippen molar-refractivity contribution in [1.82, 2.24) is 15.5 Å². The summed E-state index contributed by atoms with van der Waals surface area (Å²) in [6.07, 6.45) is 0. The maximum absolute atomic E-state index is 6.13. The quantitative estimate of drug-likeness (QED) is 0.713. The van der Waals surface area contributed by atoms with Gasteiger partial charge >= 0.3 is 0 Å². The first-order chi connectivity index (χ1) is 11.1. The number of aromatic nitrogens is 2. The second kappa shape index (κ2) is 7.13. The van der Waals surface area contributed by atoms with Crippen molar-refractivity contribution in [3.8, 4) is 11.5 Å². The summed E-state index contributed by atoms with van der Waals surface area (Å²) in [4.78, 5) is 0. The minimum atomic E-state index is 0.142. The number of halogens is 2. The van der Waals surface area contributed by atoms with E-state index in [1.54, 1.807) is 6.07 Å². The normalized spacial score (nSPS) is 12.3. The van der Waals surface area contributed by atoms with Gasteiger partial charge in [-0.1, -0.05) is 47.5 Å². The molecule has 0 aliphatic carbocycles. The molecule has 0 amide bonds. The molecule has 118 valence electrons. The lowest BCUT2D eigenvalue weighted by Gasteiger charge is -2.12. The summed E-state index contributed by atoms with van der Waals surface area (Å²) in [6.45, 7) is 2.54. The number of nitrogens with one attached hydrogen (secondary N) is 1. The molecule has 1 heterocycles. The first-order valence-electron chi connectivity index (χ1n) is 7.19. The fraction of sp³-hybridized carbons (Fsp3) is 0.176. The summed E-state index contributed by atoms with van der Waals surface area (Å²) in [5.74, 6) is 0.937. The standard InChI is InChI=1S/C17H15Cl2N3O/c1-11(12-6-8-13(18)9-7-12)20-10-16-21-22-17(23-16)14-4-2-3-5-15(14)19/h2-9,11,20H,10H2,1H3/t11-/m1/s1. The third kappa shape index (κ3) is 3.91. The first kappa shape index (κ1) is 16.0. The van der Waals surface area contributed by atoms with Crippen LogP contribution in [0.4, 0.5) is 0 Å². The van der Waals surface area contributed by atoms with Crippen LogP contribution in [0.5, 0.6) is 0 Å². The van der Waals surface area contributed by atoms with Crippen LogP contribution in [0.15, 0.2) is 52.9 Å². The fourth-order valence-corrected chi connectivity index (χ4v) is 2.52. The van der Waals surface area contributed by atoms with Gasteiger partial charge < -0.3 is 9.73 Å². The molecule has 23 heavy (non-hydrogen) atoms. The molecule has 1 N–H and O–H groups in total. The summed E-state index contributed by atoms with van der Waals surface area (Å²) in [6, 6.07) is 15.2. The molecule has 0 bridgehead atoms. The van der Waals surface area contributed by atoms with Gasteiger partial charge in [-0.15, -0.1) is 10.2 Å². The number of benzene rings is 2. The topological polar surface area (TPSA) is 51.0 Å². The van der Waals surface area contributed by atoms with Crippen LogP contribution in [0.1, 0.15) is 24.4 Å². The van der Waals surface area contributed by atoms with Gasteiger partial charge in [0.25, 0.3) is 0 Å². The maximum atomic E-state index is 6.13. The van der Waals surface area contributed by atoms with E-state index < -0.39 is 0 Å². The molecule has 3 aromatic rings. The van der Waals surface area contributed by atoms with E-state index in [0.29, 0.717) is 23.3 Å². The van der Waals surface area contributed by atoms with Crippen LogP contribution in [0, 0.1) is 0 Å². The van der Waals surface area contributed by atoms with E-state index in [0.717, 1.165) is 16.1 Å². The van der Waals surface area contributed by atoms with Crippen LogP contribution in [0.3, 0.4) is 0 Å². The zero-order valence-electron chi connectivity index (χ0n) is 12.5. The molecule has 0 spiro atoms. The molecule has 6 heteroatoms. The SMILES string of the molecule is C[C@@H](NCc1nnc(-c2ccccc2Cl)o1)c1ccc(Cl)cc1. The van der Waals surface area contributed by atoms with E-state index in [2.05, 4.69) is 22.4 Å². The Balaban J connectivity index is 1.65. The molecular weight excluding hydrogens is 333 g/mol. The van der Waals surface area contributed by atoms with Crippen molar-refractivity contribution in [2.45, 2.75) is 19.5 Å². The van der Waals surface area contributed by atoms with Crippen molar-refractivity contribution in [2.75, 3.05) is 0 Å². The molecule has 2 aromatic carbocycles. The summed E-state index contributed by atoms with van der Waals surface area (Å²) in [5, 5.41) is 12.8. The lowest BCUT2D eigenvalue weighted by molar-refractivity contribution is 0.454. The number of hydrogen-bond acceptors (Lipinski definition) is 4. The van der Waals surface area contributed by atoms with Crippen LogP contribution < -0.4 is 5.32 Å². The van der Waals surface area contributed by atoms with E-state index in [1.165, 1.54) is 0 Å². The molecule has 1 atom stereocenters. The maximum Gasteiger partial charge on any atom is 0.249 e. The van der Waals surface area contributed by atoms with Gasteiger partial charge in [0.15, 0.2) is 0 Å². The van der Waals surface area contributed by atoms with Crippen LogP contribution in [0.25, 0.3) is 11.5 Å². The highest BCUT2D eigenvalue weighted by molar-refractivity contribution is 6.33. The Hall–Kier alpha value is -1.88.